The molecule has 0 spiro atoms. The zero-order valence-corrected chi connectivity index (χ0v) is 20.5. The fraction of sp³-hybridized carbons (Fsp3) is 0.850. The number of rotatable bonds is 17. The number of carbonyl (C=O) groups is 1. The molecule has 0 aliphatic heterocycles. The zero-order chi connectivity index (χ0) is 19.8. The molecule has 0 heterocycles. The minimum Gasteiger partial charge on any atom is -0.748 e. The summed E-state index contributed by atoms with van der Waals surface area (Å²) < 4.78 is 32.9. The third kappa shape index (κ3) is 20.7. The second kappa shape index (κ2) is 18.2. The molecule has 27 heavy (non-hydrogen) atoms. The largest absolute Gasteiger partial charge is 1.00 e. The first-order chi connectivity index (χ1) is 12.3. The van der Waals surface area contributed by atoms with Gasteiger partial charge in [-0.3, -0.25) is 4.79 Å². The van der Waals surface area contributed by atoms with Gasteiger partial charge >= 0.3 is 29.6 Å². The molecule has 154 valence electrons. The van der Waals surface area contributed by atoms with Gasteiger partial charge < -0.3 is 9.87 Å². The van der Waals surface area contributed by atoms with Crippen LogP contribution in [0.15, 0.2) is 12.2 Å². The molecule has 7 heteroatoms. The van der Waals surface area contributed by atoms with Crippen LogP contribution in [0.2, 0.25) is 0 Å². The molecule has 0 rings (SSSR count). The van der Waals surface area contributed by atoms with Crippen LogP contribution in [0.5, 0.6) is 0 Å². The third-order valence-corrected chi connectivity index (χ3v) is 5.34. The van der Waals surface area contributed by atoms with E-state index in [2.05, 4.69) is 18.8 Å². The van der Waals surface area contributed by atoms with Gasteiger partial charge in [0.25, 0.3) is 0 Å². The molecule has 1 N–H and O–H groups in total. The smallest absolute Gasteiger partial charge is 0.748 e. The summed E-state index contributed by atoms with van der Waals surface area (Å²) in [5.74, 6) is -0.943. The van der Waals surface area contributed by atoms with Crippen LogP contribution >= 0.6 is 0 Å². The minimum atomic E-state index is -4.36. The van der Waals surface area contributed by atoms with E-state index in [0.717, 1.165) is 19.3 Å². The van der Waals surface area contributed by atoms with Gasteiger partial charge in [-0.15, -0.1) is 0 Å². The Bertz CT molecular complexity index is 494. The van der Waals surface area contributed by atoms with Crippen molar-refractivity contribution in [2.45, 2.75) is 103 Å². The molecular weight excluding hydrogens is 373 g/mol. The first-order valence-electron chi connectivity index (χ1n) is 10.2. The van der Waals surface area contributed by atoms with Gasteiger partial charge in [0.15, 0.2) is 0 Å². The Hall–Kier alpha value is 0.120. The quantitative estimate of drug-likeness (QED) is 0.171. The number of carbonyl (C=O) groups excluding carboxylic acids is 1. The van der Waals surface area contributed by atoms with Gasteiger partial charge in [-0.05, 0) is 13.3 Å². The van der Waals surface area contributed by atoms with Crippen molar-refractivity contribution >= 4 is 16.0 Å². The maximum Gasteiger partial charge on any atom is 1.00 e. The van der Waals surface area contributed by atoms with Gasteiger partial charge in [-0.1, -0.05) is 90.6 Å². The van der Waals surface area contributed by atoms with Crippen molar-refractivity contribution in [3.05, 3.63) is 12.2 Å². The van der Waals surface area contributed by atoms with E-state index in [-0.39, 0.29) is 29.6 Å². The van der Waals surface area contributed by atoms with Crippen LogP contribution in [-0.2, 0) is 14.9 Å². The van der Waals surface area contributed by atoms with Gasteiger partial charge in [0, 0.05) is 11.6 Å². The first kappa shape index (κ1) is 29.3. The molecule has 0 aromatic heterocycles. The third-order valence-electron chi connectivity index (χ3n) is 4.53. The first-order valence-corrected chi connectivity index (χ1v) is 11.7. The second-order valence-electron chi connectivity index (χ2n) is 7.35. The molecule has 0 bridgehead atoms. The van der Waals surface area contributed by atoms with E-state index < -0.39 is 27.8 Å². The summed E-state index contributed by atoms with van der Waals surface area (Å²) in [6.07, 6.45) is 15.2. The van der Waals surface area contributed by atoms with Gasteiger partial charge in [0.2, 0.25) is 5.91 Å². The van der Waals surface area contributed by atoms with E-state index in [0.29, 0.717) is 12.0 Å². The molecule has 0 fully saturated rings. The number of unbranched alkanes of at least 4 members (excludes halogenated alkanes) is 11. The van der Waals surface area contributed by atoms with Gasteiger partial charge in [0.05, 0.1) is 15.9 Å². The van der Waals surface area contributed by atoms with E-state index in [9.17, 15) is 17.8 Å². The van der Waals surface area contributed by atoms with Gasteiger partial charge in [-0.25, -0.2) is 8.42 Å². The molecule has 5 nitrogen and oxygen atoms in total. The molecule has 0 aliphatic rings. The van der Waals surface area contributed by atoms with E-state index in [1.807, 2.05) is 0 Å². The van der Waals surface area contributed by atoms with Crippen LogP contribution in [0.3, 0.4) is 0 Å². The topological polar surface area (TPSA) is 86.3 Å². The summed E-state index contributed by atoms with van der Waals surface area (Å²) in [5, 5.41) is 2.60. The number of nitrogens with one attached hydrogen (secondary N) is 1. The fourth-order valence-corrected chi connectivity index (χ4v) is 3.73. The van der Waals surface area contributed by atoms with Gasteiger partial charge in [0.1, 0.15) is 0 Å². The summed E-state index contributed by atoms with van der Waals surface area (Å²) in [7, 11) is -4.36. The van der Waals surface area contributed by atoms with Crippen molar-refractivity contribution in [1.82, 2.24) is 5.32 Å². The average molecular weight is 412 g/mol. The molecular formula is C20H38NNaO4S. The summed E-state index contributed by atoms with van der Waals surface area (Å²) in [5.41, 5.74) is 0.313. The predicted molar refractivity (Wildman–Crippen MR) is 107 cm³/mol. The van der Waals surface area contributed by atoms with Crippen LogP contribution < -0.4 is 34.9 Å². The summed E-state index contributed by atoms with van der Waals surface area (Å²) in [6, 6.07) is -0.621. The van der Waals surface area contributed by atoms with E-state index >= 15 is 0 Å². The van der Waals surface area contributed by atoms with Crippen molar-refractivity contribution in [3.8, 4) is 0 Å². The Morgan fingerprint density at radius 1 is 0.926 bits per heavy atom. The molecule has 0 radical (unpaired) electrons. The average Bonchev–Trinajstić information content (AvgIpc) is 2.54. The van der Waals surface area contributed by atoms with Crippen molar-refractivity contribution in [2.24, 2.45) is 0 Å². The van der Waals surface area contributed by atoms with Gasteiger partial charge in [-0.2, -0.15) is 0 Å². The van der Waals surface area contributed by atoms with Crippen LogP contribution in [0.1, 0.15) is 97.3 Å². The van der Waals surface area contributed by atoms with E-state index in [1.165, 1.54) is 57.8 Å². The Morgan fingerprint density at radius 2 is 1.33 bits per heavy atom. The van der Waals surface area contributed by atoms with Crippen LogP contribution in [0.4, 0.5) is 0 Å². The van der Waals surface area contributed by atoms with Crippen LogP contribution in [0, 0.1) is 0 Å². The Kier molecular flexibility index (Phi) is 19.7. The number of hydrogen-bond acceptors (Lipinski definition) is 4. The van der Waals surface area contributed by atoms with Crippen LogP contribution in [-0.4, -0.2) is 30.7 Å². The number of amides is 1. The maximum absolute atomic E-state index is 11.7. The molecule has 1 unspecified atom stereocenters. The second-order valence-corrected chi connectivity index (χ2v) is 8.80. The van der Waals surface area contributed by atoms with E-state index in [1.54, 1.807) is 6.92 Å². The number of hydrogen-bond donors (Lipinski definition) is 1. The molecule has 0 saturated heterocycles. The summed E-state index contributed by atoms with van der Waals surface area (Å²) in [4.78, 5) is 11.7. The molecule has 1 amide bonds. The van der Waals surface area contributed by atoms with E-state index in [4.69, 9.17) is 0 Å². The maximum atomic E-state index is 11.7. The Balaban J connectivity index is 0. The van der Waals surface area contributed by atoms with Crippen LogP contribution in [0.25, 0.3) is 0 Å². The van der Waals surface area contributed by atoms with Crippen molar-refractivity contribution in [3.63, 3.8) is 0 Å². The Labute approximate surface area is 189 Å². The van der Waals surface area contributed by atoms with Crippen molar-refractivity contribution in [2.75, 3.05) is 5.75 Å². The normalized spacial score (nSPS) is 12.3. The van der Waals surface area contributed by atoms with Crippen molar-refractivity contribution in [1.29, 1.82) is 0 Å². The molecule has 1 atom stereocenters. The van der Waals surface area contributed by atoms with Crippen molar-refractivity contribution < 1.29 is 47.3 Å². The zero-order valence-electron chi connectivity index (χ0n) is 17.7. The standard InChI is InChI=1S/C20H39NO4S.Na/c1-4-5-6-7-8-9-10-11-12-13-14-15-16-19(17-26(23,24)25)21-20(22)18(2)3;/h19H,2,4-17H2,1,3H3,(H,21,22)(H,23,24,25);/q;+1/p-1. The monoisotopic (exact) mass is 411 g/mol. The SMILES string of the molecule is C=C(C)C(=O)NC(CCCCCCCCCCCCCC)CS(=O)(=O)[O-].[Na+]. The molecule has 0 aromatic carbocycles. The molecule has 0 aliphatic carbocycles. The summed E-state index contributed by atoms with van der Waals surface area (Å²) >= 11 is 0. The fourth-order valence-electron chi connectivity index (χ4n) is 2.98. The minimum absolute atomic E-state index is 0. The predicted octanol–water partition coefficient (Wildman–Crippen LogP) is 1.69. The molecule has 0 aromatic rings. The summed E-state index contributed by atoms with van der Waals surface area (Å²) in [6.45, 7) is 7.32. The Morgan fingerprint density at radius 3 is 1.70 bits per heavy atom. The molecule has 0 saturated carbocycles.